The maximum absolute atomic E-state index is 6.11. The van der Waals surface area contributed by atoms with Gasteiger partial charge in [-0.3, -0.25) is 0 Å². The zero-order chi connectivity index (χ0) is 12.1. The van der Waals surface area contributed by atoms with Gasteiger partial charge in [-0.25, -0.2) is 0 Å². The van der Waals surface area contributed by atoms with E-state index in [4.69, 9.17) is 26.8 Å². The summed E-state index contributed by atoms with van der Waals surface area (Å²) in [6, 6.07) is 3.65. The maximum Gasteiger partial charge on any atom is 0.179 e. The zero-order valence-electron chi connectivity index (χ0n) is 9.92. The fourth-order valence-electron chi connectivity index (χ4n) is 1.28. The van der Waals surface area contributed by atoms with E-state index in [0.717, 1.165) is 5.56 Å². The monoisotopic (exact) mass is 243 g/mol. The molecule has 0 aliphatic heterocycles. The van der Waals surface area contributed by atoms with Gasteiger partial charge >= 0.3 is 0 Å². The summed E-state index contributed by atoms with van der Waals surface area (Å²) in [5.74, 6) is 1.67. The molecule has 0 amide bonds. The average molecular weight is 244 g/mol. The van der Waals surface area contributed by atoms with Gasteiger partial charge in [-0.15, -0.1) is 0 Å². The topological polar surface area (TPSA) is 44.5 Å². The molecule has 1 aromatic carbocycles. The summed E-state index contributed by atoms with van der Waals surface area (Å²) in [6.07, 6.45) is 0. The molecule has 0 unspecified atom stereocenters. The fourth-order valence-corrected chi connectivity index (χ4v) is 1.57. The van der Waals surface area contributed by atoms with Gasteiger partial charge in [0.25, 0.3) is 0 Å². The Hall–Kier alpha value is -0.930. The van der Waals surface area contributed by atoms with Crippen LogP contribution in [-0.4, -0.2) is 13.7 Å². The molecule has 1 rings (SSSR count). The molecule has 4 heteroatoms. The molecular formula is C12H18ClNO2. The number of benzene rings is 1. The summed E-state index contributed by atoms with van der Waals surface area (Å²) in [5, 5.41) is 0.542. The molecule has 0 saturated heterocycles. The lowest BCUT2D eigenvalue weighted by Crippen LogP contribution is -2.07. The summed E-state index contributed by atoms with van der Waals surface area (Å²) < 4.78 is 10.9. The van der Waals surface area contributed by atoms with Crippen LogP contribution in [0.25, 0.3) is 0 Å². The van der Waals surface area contributed by atoms with Crippen LogP contribution in [0.4, 0.5) is 0 Å². The Balaban J connectivity index is 2.97. The number of hydrogen-bond donors (Lipinski definition) is 1. The van der Waals surface area contributed by atoms with Crippen LogP contribution in [0.3, 0.4) is 0 Å². The zero-order valence-corrected chi connectivity index (χ0v) is 10.7. The molecule has 1 aromatic rings. The van der Waals surface area contributed by atoms with Crippen LogP contribution in [0, 0.1) is 5.92 Å². The Morgan fingerprint density at radius 2 is 2.06 bits per heavy atom. The van der Waals surface area contributed by atoms with Crippen molar-refractivity contribution in [3.05, 3.63) is 22.7 Å². The third-order valence-corrected chi connectivity index (χ3v) is 2.37. The highest BCUT2D eigenvalue weighted by Gasteiger charge is 2.12. The molecule has 0 bridgehead atoms. The van der Waals surface area contributed by atoms with Crippen molar-refractivity contribution in [2.24, 2.45) is 11.7 Å². The predicted octanol–water partition coefficient (Wildman–Crippen LogP) is 2.84. The molecule has 0 heterocycles. The van der Waals surface area contributed by atoms with E-state index in [-0.39, 0.29) is 0 Å². The lowest BCUT2D eigenvalue weighted by atomic mass is 10.2. The van der Waals surface area contributed by atoms with Gasteiger partial charge in [0.15, 0.2) is 11.5 Å². The Bertz CT molecular complexity index is 353. The maximum atomic E-state index is 6.11. The molecule has 0 spiro atoms. The van der Waals surface area contributed by atoms with Gasteiger partial charge in [-0.1, -0.05) is 25.4 Å². The summed E-state index contributed by atoms with van der Waals surface area (Å²) in [6.45, 7) is 5.20. The van der Waals surface area contributed by atoms with E-state index in [1.54, 1.807) is 13.2 Å². The van der Waals surface area contributed by atoms with Crippen molar-refractivity contribution in [1.82, 2.24) is 0 Å². The predicted molar refractivity (Wildman–Crippen MR) is 66.2 cm³/mol. The first-order chi connectivity index (χ1) is 7.58. The van der Waals surface area contributed by atoms with E-state index in [0.29, 0.717) is 35.6 Å². The minimum absolute atomic E-state index is 0.431. The number of halogens is 1. The van der Waals surface area contributed by atoms with Gasteiger partial charge in [-0.05, 0) is 23.6 Å². The van der Waals surface area contributed by atoms with Crippen molar-refractivity contribution < 1.29 is 9.47 Å². The molecule has 0 fully saturated rings. The van der Waals surface area contributed by atoms with Crippen LogP contribution in [-0.2, 0) is 6.54 Å². The molecule has 0 aromatic heterocycles. The quantitative estimate of drug-likeness (QED) is 0.865. The van der Waals surface area contributed by atoms with E-state index < -0.39 is 0 Å². The summed E-state index contributed by atoms with van der Waals surface area (Å²) in [7, 11) is 1.59. The fraction of sp³-hybridized carbons (Fsp3) is 0.500. The molecule has 16 heavy (non-hydrogen) atoms. The second-order valence-corrected chi connectivity index (χ2v) is 4.43. The second-order valence-electron chi connectivity index (χ2n) is 4.02. The highest BCUT2D eigenvalue weighted by Crippen LogP contribution is 2.36. The van der Waals surface area contributed by atoms with Crippen molar-refractivity contribution in [2.45, 2.75) is 20.4 Å². The average Bonchev–Trinajstić information content (AvgIpc) is 2.26. The number of hydrogen-bond acceptors (Lipinski definition) is 3. The minimum atomic E-state index is 0.431. The highest BCUT2D eigenvalue weighted by atomic mass is 35.5. The smallest absolute Gasteiger partial charge is 0.179 e. The lowest BCUT2D eigenvalue weighted by molar-refractivity contribution is 0.257. The Morgan fingerprint density at radius 1 is 1.38 bits per heavy atom. The standard InChI is InChI=1S/C12H18ClNO2/c1-8(2)7-16-12-10(13)4-9(6-14)5-11(12)15-3/h4-5,8H,6-7,14H2,1-3H3. The lowest BCUT2D eigenvalue weighted by Gasteiger charge is -2.15. The molecule has 0 aliphatic carbocycles. The first kappa shape index (κ1) is 13.1. The third kappa shape index (κ3) is 3.29. The van der Waals surface area contributed by atoms with Crippen molar-refractivity contribution >= 4 is 11.6 Å². The van der Waals surface area contributed by atoms with Gasteiger partial charge < -0.3 is 15.2 Å². The molecular weight excluding hydrogens is 226 g/mol. The van der Waals surface area contributed by atoms with Crippen molar-refractivity contribution in [2.75, 3.05) is 13.7 Å². The van der Waals surface area contributed by atoms with Crippen LogP contribution in [0.15, 0.2) is 12.1 Å². The van der Waals surface area contributed by atoms with Gasteiger partial charge in [-0.2, -0.15) is 0 Å². The molecule has 0 atom stereocenters. The van der Waals surface area contributed by atoms with Gasteiger partial charge in [0.2, 0.25) is 0 Å². The van der Waals surface area contributed by atoms with E-state index >= 15 is 0 Å². The Morgan fingerprint density at radius 3 is 2.56 bits per heavy atom. The first-order valence-corrected chi connectivity index (χ1v) is 5.65. The van der Waals surface area contributed by atoms with Crippen molar-refractivity contribution in [1.29, 1.82) is 0 Å². The van der Waals surface area contributed by atoms with Crippen LogP contribution in [0.2, 0.25) is 5.02 Å². The number of rotatable bonds is 5. The van der Waals surface area contributed by atoms with Crippen LogP contribution in [0.1, 0.15) is 19.4 Å². The number of methoxy groups -OCH3 is 1. The Labute approximate surface area is 101 Å². The van der Waals surface area contributed by atoms with Gasteiger partial charge in [0.1, 0.15) is 0 Å². The van der Waals surface area contributed by atoms with E-state index in [1.807, 2.05) is 6.07 Å². The minimum Gasteiger partial charge on any atom is -0.493 e. The molecule has 0 aliphatic rings. The van der Waals surface area contributed by atoms with Crippen LogP contribution >= 0.6 is 11.6 Å². The summed E-state index contributed by atoms with van der Waals surface area (Å²) >= 11 is 6.11. The first-order valence-electron chi connectivity index (χ1n) is 5.27. The summed E-state index contributed by atoms with van der Waals surface area (Å²) in [4.78, 5) is 0. The molecule has 90 valence electrons. The van der Waals surface area contributed by atoms with E-state index in [9.17, 15) is 0 Å². The van der Waals surface area contributed by atoms with Crippen LogP contribution in [0.5, 0.6) is 11.5 Å². The van der Waals surface area contributed by atoms with Crippen molar-refractivity contribution in [3.63, 3.8) is 0 Å². The van der Waals surface area contributed by atoms with E-state index in [2.05, 4.69) is 13.8 Å². The Kier molecular flexibility index (Phi) is 4.90. The molecule has 2 N–H and O–H groups in total. The molecule has 0 saturated carbocycles. The number of ether oxygens (including phenoxy) is 2. The largest absolute Gasteiger partial charge is 0.493 e. The van der Waals surface area contributed by atoms with Gasteiger partial charge in [0.05, 0.1) is 18.7 Å². The van der Waals surface area contributed by atoms with Gasteiger partial charge in [0, 0.05) is 6.54 Å². The second kappa shape index (κ2) is 5.97. The normalized spacial score (nSPS) is 10.6. The molecule has 3 nitrogen and oxygen atoms in total. The van der Waals surface area contributed by atoms with Crippen molar-refractivity contribution in [3.8, 4) is 11.5 Å². The van der Waals surface area contributed by atoms with E-state index in [1.165, 1.54) is 0 Å². The number of nitrogens with two attached hydrogens (primary N) is 1. The SMILES string of the molecule is COc1cc(CN)cc(Cl)c1OCC(C)C. The highest BCUT2D eigenvalue weighted by molar-refractivity contribution is 6.32. The molecule has 0 radical (unpaired) electrons. The van der Waals surface area contributed by atoms with Crippen LogP contribution < -0.4 is 15.2 Å². The summed E-state index contributed by atoms with van der Waals surface area (Å²) in [5.41, 5.74) is 6.49. The third-order valence-electron chi connectivity index (χ3n) is 2.09.